The number of fused-ring (bicyclic) bond motifs is 3. The summed E-state index contributed by atoms with van der Waals surface area (Å²) < 4.78 is 5.56. The number of carbonyl (C=O) groups excluding carboxylic acids is 2. The molecule has 0 saturated carbocycles. The van der Waals surface area contributed by atoms with Crippen molar-refractivity contribution in [3.05, 3.63) is 35.0 Å². The van der Waals surface area contributed by atoms with Crippen molar-refractivity contribution in [2.24, 2.45) is 0 Å². The molecule has 26 heavy (non-hydrogen) atoms. The van der Waals surface area contributed by atoms with E-state index in [9.17, 15) is 9.59 Å². The number of rotatable bonds is 1. The van der Waals surface area contributed by atoms with Crippen LogP contribution in [0.25, 0.3) is 10.9 Å². The number of aromatic amines is 1. The Morgan fingerprint density at radius 1 is 1.23 bits per heavy atom. The van der Waals surface area contributed by atoms with Gasteiger partial charge in [-0.2, -0.15) is 0 Å². The summed E-state index contributed by atoms with van der Waals surface area (Å²) in [6, 6.07) is 5.97. The monoisotopic (exact) mass is 353 g/mol. The number of likely N-dealkylation sites (tertiary alicyclic amines) is 1. The standard InChI is InChI=1S/C20H23N3O3/c1-22-11-20(26-19(22)25)8-9-23(12-20)18(24)13-6-7-17-15(10-13)14-4-2-3-5-16(14)21-17/h6-7,10,21H,2-5,8-9,11-12H2,1H3/t20-/m1/s1. The lowest BCUT2D eigenvalue weighted by atomic mass is 9.95. The van der Waals surface area contributed by atoms with Crippen LogP contribution in [0.3, 0.4) is 0 Å². The third kappa shape index (κ3) is 2.31. The molecule has 1 aromatic heterocycles. The Morgan fingerprint density at radius 2 is 2.08 bits per heavy atom. The maximum absolute atomic E-state index is 13.0. The lowest BCUT2D eigenvalue weighted by Gasteiger charge is -2.22. The number of amides is 2. The van der Waals surface area contributed by atoms with Crippen molar-refractivity contribution in [2.45, 2.75) is 37.7 Å². The summed E-state index contributed by atoms with van der Waals surface area (Å²) >= 11 is 0. The van der Waals surface area contributed by atoms with E-state index in [0.717, 1.165) is 23.9 Å². The molecule has 2 aromatic rings. The van der Waals surface area contributed by atoms with Gasteiger partial charge in [-0.15, -0.1) is 0 Å². The van der Waals surface area contributed by atoms with Crippen molar-refractivity contribution >= 4 is 22.9 Å². The third-order valence-electron chi connectivity index (χ3n) is 6.09. The minimum Gasteiger partial charge on any atom is -0.439 e. The van der Waals surface area contributed by atoms with Crippen LogP contribution in [0.1, 0.15) is 40.9 Å². The van der Waals surface area contributed by atoms with Gasteiger partial charge in [0.25, 0.3) is 5.91 Å². The van der Waals surface area contributed by atoms with E-state index in [4.69, 9.17) is 4.74 Å². The number of benzene rings is 1. The summed E-state index contributed by atoms with van der Waals surface area (Å²) in [6.45, 7) is 1.66. The predicted molar refractivity (Wildman–Crippen MR) is 97.3 cm³/mol. The number of likely N-dealkylation sites (N-methyl/N-ethyl adjacent to an activating group) is 1. The van der Waals surface area contributed by atoms with Gasteiger partial charge >= 0.3 is 6.09 Å². The van der Waals surface area contributed by atoms with Crippen molar-refractivity contribution in [1.29, 1.82) is 0 Å². The fraction of sp³-hybridized carbons (Fsp3) is 0.500. The van der Waals surface area contributed by atoms with Gasteiger partial charge in [0.05, 0.1) is 13.1 Å². The van der Waals surface area contributed by atoms with Gasteiger partial charge in [-0.25, -0.2) is 4.79 Å². The first-order chi connectivity index (χ1) is 12.5. The Balaban J connectivity index is 1.41. The summed E-state index contributed by atoms with van der Waals surface area (Å²) in [5.74, 6) is 0.0279. The van der Waals surface area contributed by atoms with E-state index < -0.39 is 5.60 Å². The lowest BCUT2D eigenvalue weighted by Crippen LogP contribution is -2.39. The van der Waals surface area contributed by atoms with Crippen LogP contribution in [-0.4, -0.2) is 59.1 Å². The molecule has 1 aromatic carbocycles. The highest BCUT2D eigenvalue weighted by Gasteiger charge is 2.49. The molecule has 136 valence electrons. The zero-order chi connectivity index (χ0) is 17.9. The predicted octanol–water partition coefficient (Wildman–Crippen LogP) is 2.71. The Bertz CT molecular complexity index is 918. The van der Waals surface area contributed by atoms with E-state index in [-0.39, 0.29) is 12.0 Å². The van der Waals surface area contributed by atoms with Gasteiger partial charge in [-0.3, -0.25) is 4.79 Å². The minimum absolute atomic E-state index is 0.0279. The highest BCUT2D eigenvalue weighted by atomic mass is 16.6. The Labute approximate surface area is 152 Å². The smallest absolute Gasteiger partial charge is 0.410 e. The van der Waals surface area contributed by atoms with Crippen LogP contribution in [0.4, 0.5) is 4.79 Å². The molecule has 1 aliphatic carbocycles. The molecule has 5 rings (SSSR count). The van der Waals surface area contributed by atoms with Gasteiger partial charge in [-0.05, 0) is 49.4 Å². The second-order valence-corrected chi connectivity index (χ2v) is 7.93. The Kier molecular flexibility index (Phi) is 3.33. The van der Waals surface area contributed by atoms with Crippen LogP contribution in [0.2, 0.25) is 0 Å². The van der Waals surface area contributed by atoms with Gasteiger partial charge in [0.15, 0.2) is 5.60 Å². The molecule has 1 N–H and O–H groups in total. The lowest BCUT2D eigenvalue weighted by molar-refractivity contribution is 0.0553. The molecule has 1 atom stereocenters. The highest BCUT2D eigenvalue weighted by Crippen LogP contribution is 2.34. The molecule has 2 aliphatic heterocycles. The van der Waals surface area contributed by atoms with Crippen molar-refractivity contribution in [3.8, 4) is 0 Å². The zero-order valence-electron chi connectivity index (χ0n) is 15.0. The first-order valence-electron chi connectivity index (χ1n) is 9.42. The minimum atomic E-state index is -0.529. The maximum Gasteiger partial charge on any atom is 0.410 e. The van der Waals surface area contributed by atoms with E-state index in [2.05, 4.69) is 4.98 Å². The highest BCUT2D eigenvalue weighted by molar-refractivity contribution is 5.99. The average Bonchev–Trinajstić information content (AvgIpc) is 3.29. The summed E-state index contributed by atoms with van der Waals surface area (Å²) in [5.41, 5.74) is 4.03. The van der Waals surface area contributed by atoms with E-state index in [1.165, 1.54) is 29.5 Å². The molecule has 2 amide bonds. The summed E-state index contributed by atoms with van der Waals surface area (Å²) in [4.78, 5) is 31.7. The number of nitrogens with zero attached hydrogens (tertiary/aromatic N) is 2. The second kappa shape index (κ2) is 5.50. The topological polar surface area (TPSA) is 65.6 Å². The number of nitrogens with one attached hydrogen (secondary N) is 1. The molecule has 1 spiro atoms. The zero-order valence-corrected chi connectivity index (χ0v) is 15.0. The summed E-state index contributed by atoms with van der Waals surface area (Å²) in [5, 5.41) is 1.19. The molecular weight excluding hydrogens is 330 g/mol. The van der Waals surface area contributed by atoms with Crippen LogP contribution in [0.5, 0.6) is 0 Å². The Morgan fingerprint density at radius 3 is 2.88 bits per heavy atom. The first-order valence-corrected chi connectivity index (χ1v) is 9.42. The molecule has 3 aliphatic rings. The van der Waals surface area contributed by atoms with E-state index in [0.29, 0.717) is 26.1 Å². The molecule has 0 unspecified atom stereocenters. The second-order valence-electron chi connectivity index (χ2n) is 7.93. The van der Waals surface area contributed by atoms with Crippen LogP contribution < -0.4 is 0 Å². The average molecular weight is 353 g/mol. The number of ether oxygens (including phenoxy) is 1. The molecule has 6 heteroatoms. The van der Waals surface area contributed by atoms with Crippen molar-refractivity contribution < 1.29 is 14.3 Å². The van der Waals surface area contributed by atoms with Gasteiger partial charge < -0.3 is 19.5 Å². The van der Waals surface area contributed by atoms with E-state index in [1.807, 2.05) is 23.1 Å². The number of hydrogen-bond donors (Lipinski definition) is 1. The number of aromatic nitrogens is 1. The third-order valence-corrected chi connectivity index (χ3v) is 6.09. The molecule has 0 bridgehead atoms. The van der Waals surface area contributed by atoms with Gasteiger partial charge in [0, 0.05) is 42.2 Å². The quantitative estimate of drug-likeness (QED) is 0.857. The largest absolute Gasteiger partial charge is 0.439 e. The van der Waals surface area contributed by atoms with Crippen molar-refractivity contribution in [3.63, 3.8) is 0 Å². The van der Waals surface area contributed by atoms with Crippen LogP contribution in [0, 0.1) is 0 Å². The first kappa shape index (κ1) is 15.7. The van der Waals surface area contributed by atoms with Gasteiger partial charge in [0.1, 0.15) is 0 Å². The normalized spacial score (nSPS) is 25.2. The van der Waals surface area contributed by atoms with Gasteiger partial charge in [0.2, 0.25) is 0 Å². The van der Waals surface area contributed by atoms with Crippen molar-refractivity contribution in [2.75, 3.05) is 26.7 Å². The fourth-order valence-corrected chi connectivity index (χ4v) is 4.74. The molecule has 6 nitrogen and oxygen atoms in total. The SMILES string of the molecule is CN1C[C@@]2(CCN(C(=O)c3ccc4[nH]c5c(c4c3)CCCC5)C2)OC1=O. The van der Waals surface area contributed by atoms with E-state index >= 15 is 0 Å². The van der Waals surface area contributed by atoms with E-state index in [1.54, 1.807) is 11.9 Å². The molecular formula is C20H23N3O3. The Hall–Kier alpha value is -2.50. The number of carbonyl (C=O) groups is 2. The number of aryl methyl sites for hydroxylation is 2. The molecule has 2 fully saturated rings. The van der Waals surface area contributed by atoms with Crippen LogP contribution >= 0.6 is 0 Å². The van der Waals surface area contributed by atoms with Gasteiger partial charge in [-0.1, -0.05) is 0 Å². The molecule has 3 heterocycles. The number of hydrogen-bond acceptors (Lipinski definition) is 3. The number of H-pyrrole nitrogens is 1. The summed E-state index contributed by atoms with van der Waals surface area (Å²) in [7, 11) is 1.74. The van der Waals surface area contributed by atoms with Crippen molar-refractivity contribution in [1.82, 2.24) is 14.8 Å². The maximum atomic E-state index is 13.0. The van der Waals surface area contributed by atoms with Crippen LogP contribution in [0.15, 0.2) is 18.2 Å². The van der Waals surface area contributed by atoms with Crippen LogP contribution in [-0.2, 0) is 17.6 Å². The molecule has 2 saturated heterocycles. The summed E-state index contributed by atoms with van der Waals surface area (Å²) in [6.07, 6.45) is 5.04. The molecule has 0 radical (unpaired) electrons. The fourth-order valence-electron chi connectivity index (χ4n) is 4.74.